The predicted molar refractivity (Wildman–Crippen MR) is 93.8 cm³/mol. The van der Waals surface area contributed by atoms with E-state index in [4.69, 9.17) is 11.6 Å². The molecule has 1 aromatic carbocycles. The number of rotatable bonds is 4. The lowest BCUT2D eigenvalue weighted by molar-refractivity contribution is -0.124. The Morgan fingerprint density at radius 3 is 2.92 bits per heavy atom. The van der Waals surface area contributed by atoms with E-state index >= 15 is 0 Å². The third-order valence-corrected chi connectivity index (χ3v) is 4.36. The van der Waals surface area contributed by atoms with Gasteiger partial charge in [0.2, 0.25) is 5.91 Å². The molecule has 8 nitrogen and oxygen atoms in total. The van der Waals surface area contributed by atoms with E-state index in [-0.39, 0.29) is 17.9 Å². The third kappa shape index (κ3) is 3.90. The van der Waals surface area contributed by atoms with Crippen LogP contribution >= 0.6 is 11.6 Å². The summed E-state index contributed by atoms with van der Waals surface area (Å²) in [5.41, 5.74) is 1.26. The summed E-state index contributed by atoms with van der Waals surface area (Å²) in [5, 5.41) is 10.1. The van der Waals surface area contributed by atoms with Crippen LogP contribution in [0.1, 0.15) is 13.3 Å². The number of nitrogens with zero attached hydrogens (tertiary/aromatic N) is 4. The second-order valence-corrected chi connectivity index (χ2v) is 6.17. The summed E-state index contributed by atoms with van der Waals surface area (Å²) in [6.45, 7) is 3.45. The molecule has 1 aromatic heterocycles. The van der Waals surface area contributed by atoms with Crippen molar-refractivity contribution in [3.8, 4) is 5.69 Å². The molecule has 3 amide bonds. The maximum Gasteiger partial charge on any atom is 0.321 e. The summed E-state index contributed by atoms with van der Waals surface area (Å²) >= 11 is 6.26. The zero-order valence-corrected chi connectivity index (χ0v) is 14.5. The molecule has 0 aliphatic carbocycles. The summed E-state index contributed by atoms with van der Waals surface area (Å²) in [6, 6.07) is 4.93. The molecule has 1 atom stereocenters. The number of hydrogen-bond donors (Lipinski definition) is 2. The second-order valence-electron chi connectivity index (χ2n) is 5.76. The minimum Gasteiger partial charge on any atom is -0.356 e. The van der Waals surface area contributed by atoms with E-state index in [1.807, 2.05) is 6.92 Å². The van der Waals surface area contributed by atoms with Gasteiger partial charge in [0.15, 0.2) is 0 Å². The van der Waals surface area contributed by atoms with Crippen LogP contribution in [0.15, 0.2) is 30.9 Å². The molecule has 1 fully saturated rings. The molecule has 0 spiro atoms. The van der Waals surface area contributed by atoms with Crippen molar-refractivity contribution in [2.45, 2.75) is 13.3 Å². The van der Waals surface area contributed by atoms with E-state index in [9.17, 15) is 9.59 Å². The molecule has 1 saturated heterocycles. The molecular weight excluding hydrogens is 344 g/mol. The number of carbonyl (C=O) groups is 2. The third-order valence-electron chi connectivity index (χ3n) is 4.06. The van der Waals surface area contributed by atoms with Crippen LogP contribution in [0.2, 0.25) is 5.02 Å². The van der Waals surface area contributed by atoms with Crippen molar-refractivity contribution in [1.29, 1.82) is 0 Å². The van der Waals surface area contributed by atoms with Gasteiger partial charge in [-0.25, -0.2) is 14.5 Å². The topological polar surface area (TPSA) is 92.2 Å². The highest BCUT2D eigenvalue weighted by Crippen LogP contribution is 2.24. The van der Waals surface area contributed by atoms with Crippen molar-refractivity contribution in [3.05, 3.63) is 35.9 Å². The van der Waals surface area contributed by atoms with Gasteiger partial charge >= 0.3 is 6.03 Å². The monoisotopic (exact) mass is 362 g/mol. The highest BCUT2D eigenvalue weighted by atomic mass is 35.5. The largest absolute Gasteiger partial charge is 0.356 e. The number of nitrogens with one attached hydrogen (secondary N) is 2. The summed E-state index contributed by atoms with van der Waals surface area (Å²) in [4.78, 5) is 29.8. The Bertz CT molecular complexity index is 764. The fraction of sp³-hybridized carbons (Fsp3) is 0.375. The summed E-state index contributed by atoms with van der Waals surface area (Å²) in [6.07, 6.45) is 3.64. The van der Waals surface area contributed by atoms with Gasteiger partial charge in [0.25, 0.3) is 0 Å². The van der Waals surface area contributed by atoms with E-state index in [0.717, 1.165) is 0 Å². The van der Waals surface area contributed by atoms with Gasteiger partial charge in [-0.1, -0.05) is 11.6 Å². The minimum absolute atomic E-state index is 0.00182. The van der Waals surface area contributed by atoms with Crippen LogP contribution in [-0.2, 0) is 4.79 Å². The smallest absolute Gasteiger partial charge is 0.321 e. The predicted octanol–water partition coefficient (Wildman–Crippen LogP) is 1.91. The summed E-state index contributed by atoms with van der Waals surface area (Å²) in [5.74, 6) is -0.151. The Morgan fingerprint density at radius 1 is 1.40 bits per heavy atom. The van der Waals surface area contributed by atoms with Gasteiger partial charge in [0.05, 0.1) is 16.6 Å². The molecule has 2 aromatic rings. The SMILES string of the molecule is CCNC(=O)C1CCN(C(=O)Nc2ccc(-n3cncn3)c(Cl)c2)C1. The van der Waals surface area contributed by atoms with Gasteiger partial charge in [-0.05, 0) is 31.5 Å². The van der Waals surface area contributed by atoms with Gasteiger partial charge < -0.3 is 15.5 Å². The van der Waals surface area contributed by atoms with Gasteiger partial charge in [-0.15, -0.1) is 0 Å². The Balaban J connectivity index is 1.62. The van der Waals surface area contributed by atoms with Crippen molar-refractivity contribution in [2.24, 2.45) is 5.92 Å². The number of urea groups is 1. The fourth-order valence-electron chi connectivity index (χ4n) is 2.78. The molecule has 0 bridgehead atoms. The number of amides is 3. The van der Waals surface area contributed by atoms with Crippen molar-refractivity contribution in [1.82, 2.24) is 25.0 Å². The average molecular weight is 363 g/mol. The number of halogens is 1. The number of hydrogen-bond acceptors (Lipinski definition) is 4. The van der Waals surface area contributed by atoms with Crippen molar-refractivity contribution in [2.75, 3.05) is 25.0 Å². The van der Waals surface area contributed by atoms with Gasteiger partial charge in [-0.3, -0.25) is 4.79 Å². The van der Waals surface area contributed by atoms with Crippen LogP contribution in [0.3, 0.4) is 0 Å². The van der Waals surface area contributed by atoms with Crippen LogP contribution in [0, 0.1) is 5.92 Å². The van der Waals surface area contributed by atoms with Crippen molar-refractivity contribution < 1.29 is 9.59 Å². The maximum absolute atomic E-state index is 12.4. The van der Waals surface area contributed by atoms with Crippen LogP contribution in [0.5, 0.6) is 0 Å². The van der Waals surface area contributed by atoms with Crippen LogP contribution < -0.4 is 10.6 Å². The Labute approximate surface area is 150 Å². The van der Waals surface area contributed by atoms with Gasteiger partial charge in [0.1, 0.15) is 12.7 Å². The molecule has 1 aliphatic heterocycles. The first kappa shape index (κ1) is 17.2. The number of anilines is 1. The summed E-state index contributed by atoms with van der Waals surface area (Å²) in [7, 11) is 0. The Morgan fingerprint density at radius 2 is 2.24 bits per heavy atom. The van der Waals surface area contributed by atoms with Crippen molar-refractivity contribution >= 4 is 29.2 Å². The highest BCUT2D eigenvalue weighted by molar-refractivity contribution is 6.32. The lowest BCUT2D eigenvalue weighted by Gasteiger charge is -2.17. The first-order valence-electron chi connectivity index (χ1n) is 8.06. The number of likely N-dealkylation sites (tertiary alicyclic amines) is 1. The normalized spacial score (nSPS) is 16.7. The molecule has 0 saturated carbocycles. The van der Waals surface area contributed by atoms with Crippen LogP contribution in [-0.4, -0.2) is 51.2 Å². The molecule has 132 valence electrons. The van der Waals surface area contributed by atoms with Crippen LogP contribution in [0.4, 0.5) is 10.5 Å². The number of carbonyl (C=O) groups excluding carboxylic acids is 2. The number of benzene rings is 1. The van der Waals surface area contributed by atoms with E-state index in [2.05, 4.69) is 20.7 Å². The van der Waals surface area contributed by atoms with E-state index in [0.29, 0.717) is 42.5 Å². The quantitative estimate of drug-likeness (QED) is 0.869. The number of aromatic nitrogens is 3. The molecule has 1 unspecified atom stereocenters. The molecule has 25 heavy (non-hydrogen) atoms. The first-order chi connectivity index (χ1) is 12.1. The molecule has 9 heteroatoms. The molecule has 0 radical (unpaired) electrons. The zero-order chi connectivity index (χ0) is 17.8. The molecular formula is C16H19ClN6O2. The van der Waals surface area contributed by atoms with Gasteiger partial charge in [0, 0.05) is 25.3 Å². The van der Waals surface area contributed by atoms with Gasteiger partial charge in [-0.2, -0.15) is 5.10 Å². The van der Waals surface area contributed by atoms with Crippen LogP contribution in [0.25, 0.3) is 5.69 Å². The van der Waals surface area contributed by atoms with E-state index < -0.39 is 0 Å². The lowest BCUT2D eigenvalue weighted by atomic mass is 10.1. The standard InChI is InChI=1S/C16H19ClN6O2/c1-2-19-15(24)11-5-6-22(8-11)16(25)21-12-3-4-14(13(17)7-12)23-10-18-9-20-23/h3-4,7,9-11H,2,5-6,8H2,1H3,(H,19,24)(H,21,25). The Kier molecular flexibility index (Phi) is 5.18. The molecule has 2 heterocycles. The zero-order valence-electron chi connectivity index (χ0n) is 13.8. The molecule has 3 rings (SSSR count). The molecule has 2 N–H and O–H groups in total. The average Bonchev–Trinajstić information content (AvgIpc) is 3.27. The summed E-state index contributed by atoms with van der Waals surface area (Å²) < 4.78 is 1.55. The highest BCUT2D eigenvalue weighted by Gasteiger charge is 2.30. The first-order valence-corrected chi connectivity index (χ1v) is 8.44. The fourth-order valence-corrected chi connectivity index (χ4v) is 3.05. The van der Waals surface area contributed by atoms with E-state index in [1.54, 1.807) is 34.1 Å². The molecule has 1 aliphatic rings. The second kappa shape index (κ2) is 7.52. The Hall–Kier alpha value is -2.61. The minimum atomic E-state index is -0.239. The lowest BCUT2D eigenvalue weighted by Crippen LogP contribution is -2.36. The maximum atomic E-state index is 12.4. The van der Waals surface area contributed by atoms with E-state index in [1.165, 1.54) is 6.33 Å². The van der Waals surface area contributed by atoms with Crippen molar-refractivity contribution in [3.63, 3.8) is 0 Å².